The minimum absolute atomic E-state index is 0.0240. The van der Waals surface area contributed by atoms with Crippen LogP contribution in [0, 0.1) is 17.8 Å². The molecular weight excluding hydrogens is 398 g/mol. The molecule has 2 aromatic carbocycles. The first-order valence-corrected chi connectivity index (χ1v) is 10.0. The Morgan fingerprint density at radius 3 is 2.30 bits per heavy atom. The Balaban J connectivity index is 2.19. The van der Waals surface area contributed by atoms with Gasteiger partial charge in [0.05, 0.1) is 22.8 Å². The Labute approximate surface area is 180 Å². The summed E-state index contributed by atoms with van der Waals surface area (Å²) >= 11 is 4.09. The van der Waals surface area contributed by atoms with E-state index >= 15 is 0 Å². The van der Waals surface area contributed by atoms with Crippen molar-refractivity contribution in [2.24, 2.45) is 5.92 Å². The first-order valence-electron chi connectivity index (χ1n) is 9.38. The molecule has 1 heterocycles. The van der Waals surface area contributed by atoms with E-state index in [-0.39, 0.29) is 17.8 Å². The fourth-order valence-corrected chi connectivity index (χ4v) is 3.29. The smallest absolute Gasteiger partial charge is 0.337 e. The molecule has 3 rings (SSSR count). The molecule has 0 bridgehead atoms. The van der Waals surface area contributed by atoms with Gasteiger partial charge in [0.25, 0.3) is 0 Å². The molecule has 30 heavy (non-hydrogen) atoms. The fraction of sp³-hybridized carbons (Fsp3) is 0.167. The highest BCUT2D eigenvalue weighted by Gasteiger charge is 2.36. The number of thiol groups is 1. The average Bonchev–Trinajstić information content (AvgIpc) is 2.76. The van der Waals surface area contributed by atoms with Crippen LogP contribution in [-0.4, -0.2) is 29.4 Å². The van der Waals surface area contributed by atoms with E-state index in [1.165, 1.54) is 0 Å². The summed E-state index contributed by atoms with van der Waals surface area (Å²) in [6, 6.07) is 18.5. The zero-order valence-corrected chi connectivity index (χ0v) is 17.3. The van der Waals surface area contributed by atoms with Gasteiger partial charge in [-0.25, -0.2) is 9.59 Å². The van der Waals surface area contributed by atoms with Gasteiger partial charge in [0.1, 0.15) is 6.61 Å². The van der Waals surface area contributed by atoms with Crippen LogP contribution in [0.25, 0.3) is 5.70 Å². The van der Waals surface area contributed by atoms with Gasteiger partial charge < -0.3 is 15.2 Å². The van der Waals surface area contributed by atoms with Crippen molar-refractivity contribution in [3.8, 4) is 11.8 Å². The zero-order valence-electron chi connectivity index (χ0n) is 16.4. The highest BCUT2D eigenvalue weighted by Crippen LogP contribution is 2.34. The van der Waals surface area contributed by atoms with Gasteiger partial charge in [0.15, 0.2) is 0 Å². The molecule has 0 aliphatic carbocycles. The van der Waals surface area contributed by atoms with Crippen LogP contribution in [-0.2, 0) is 14.3 Å². The normalized spacial score (nSPS) is 15.7. The molecule has 0 saturated heterocycles. The lowest BCUT2D eigenvalue weighted by Crippen LogP contribution is -2.32. The third-order valence-corrected chi connectivity index (χ3v) is 4.72. The Morgan fingerprint density at radius 1 is 1.07 bits per heavy atom. The number of esters is 1. The summed E-state index contributed by atoms with van der Waals surface area (Å²) in [4.78, 5) is 25.1. The Morgan fingerprint density at radius 2 is 1.70 bits per heavy atom. The van der Waals surface area contributed by atoms with Gasteiger partial charge in [-0.3, -0.25) is 0 Å². The number of ether oxygens (including phenoxy) is 1. The van der Waals surface area contributed by atoms with E-state index < -0.39 is 17.9 Å². The Kier molecular flexibility index (Phi) is 6.99. The van der Waals surface area contributed by atoms with Crippen molar-refractivity contribution in [2.45, 2.75) is 6.92 Å². The van der Waals surface area contributed by atoms with E-state index in [0.717, 1.165) is 11.1 Å². The third kappa shape index (κ3) is 4.76. The van der Waals surface area contributed by atoms with E-state index in [2.05, 4.69) is 29.8 Å². The predicted octanol–water partition coefficient (Wildman–Crippen LogP) is 3.50. The second-order valence-corrected chi connectivity index (χ2v) is 7.00. The highest BCUT2D eigenvalue weighted by atomic mass is 32.1. The highest BCUT2D eigenvalue weighted by molar-refractivity contribution is 7.80. The molecule has 2 N–H and O–H groups in total. The molecular formula is C24H21NO4S. The van der Waals surface area contributed by atoms with Crippen LogP contribution in [0.15, 0.2) is 77.5 Å². The Hall–Kier alpha value is -3.43. The maximum absolute atomic E-state index is 13.0. The number of carbonyl (C=O) groups excluding carboxylic acids is 1. The molecule has 0 fully saturated rings. The Bertz CT molecular complexity index is 1060. The molecule has 152 valence electrons. The lowest BCUT2D eigenvalue weighted by Gasteiger charge is -2.28. The van der Waals surface area contributed by atoms with Crippen LogP contribution in [0.2, 0.25) is 0 Å². The molecule has 0 spiro atoms. The summed E-state index contributed by atoms with van der Waals surface area (Å²) in [5.41, 5.74) is 2.59. The van der Waals surface area contributed by atoms with Gasteiger partial charge in [-0.1, -0.05) is 60.4 Å². The fourth-order valence-electron chi connectivity index (χ4n) is 3.20. The third-order valence-electron chi connectivity index (χ3n) is 4.54. The summed E-state index contributed by atoms with van der Waals surface area (Å²) in [7, 11) is 0. The molecule has 0 radical (unpaired) electrons. The molecule has 1 atom stereocenters. The van der Waals surface area contributed by atoms with E-state index in [9.17, 15) is 14.7 Å². The summed E-state index contributed by atoms with van der Waals surface area (Å²) in [6.45, 7) is 1.77. The van der Waals surface area contributed by atoms with Crippen LogP contribution >= 0.6 is 12.6 Å². The first kappa shape index (κ1) is 21.3. The SMILES string of the molecule is CC1=C(C(=O)O)C(C#Cc2ccccc2)C(C(=O)OCCS)=C(c2ccccc2)N1. The number of carboxylic acid groups (broad SMARTS) is 1. The van der Waals surface area contributed by atoms with Crippen molar-refractivity contribution in [2.75, 3.05) is 12.4 Å². The molecule has 0 aromatic heterocycles. The summed E-state index contributed by atoms with van der Waals surface area (Å²) in [5.74, 6) is 3.65. The van der Waals surface area contributed by atoms with Crippen molar-refractivity contribution >= 4 is 30.3 Å². The molecule has 1 unspecified atom stereocenters. The van der Waals surface area contributed by atoms with Crippen LogP contribution in [0.3, 0.4) is 0 Å². The van der Waals surface area contributed by atoms with Gasteiger partial charge in [-0.15, -0.1) is 0 Å². The molecule has 5 nitrogen and oxygen atoms in total. The van der Waals surface area contributed by atoms with Crippen molar-refractivity contribution in [3.05, 3.63) is 88.6 Å². The minimum Gasteiger partial charge on any atom is -0.478 e. The molecule has 6 heteroatoms. The minimum atomic E-state index is -1.14. The standard InChI is InChI=1S/C24H21NO4S/c1-16-20(23(26)27)19(13-12-17-8-4-2-5-9-17)21(24(28)29-14-15-30)22(25-16)18-10-6-3-7-11-18/h2-11,19,25,30H,14-15H2,1H3,(H,26,27). The number of hydrogen-bond donors (Lipinski definition) is 3. The predicted molar refractivity (Wildman–Crippen MR) is 118 cm³/mol. The number of carboxylic acids is 1. The molecule has 0 saturated carbocycles. The van der Waals surface area contributed by atoms with Crippen molar-refractivity contribution in [1.29, 1.82) is 0 Å². The van der Waals surface area contributed by atoms with Gasteiger partial charge in [0.2, 0.25) is 0 Å². The van der Waals surface area contributed by atoms with Crippen LogP contribution in [0.5, 0.6) is 0 Å². The van der Waals surface area contributed by atoms with Gasteiger partial charge in [-0.2, -0.15) is 12.6 Å². The maximum atomic E-state index is 13.0. The average molecular weight is 420 g/mol. The van der Waals surface area contributed by atoms with E-state index in [1.807, 2.05) is 60.7 Å². The van der Waals surface area contributed by atoms with Gasteiger partial charge in [-0.05, 0) is 24.6 Å². The second-order valence-electron chi connectivity index (χ2n) is 6.55. The zero-order chi connectivity index (χ0) is 21.5. The van der Waals surface area contributed by atoms with Crippen LogP contribution in [0.1, 0.15) is 18.1 Å². The largest absolute Gasteiger partial charge is 0.478 e. The lowest BCUT2D eigenvalue weighted by atomic mass is 9.84. The number of hydrogen-bond acceptors (Lipinski definition) is 5. The van der Waals surface area contributed by atoms with Crippen LogP contribution < -0.4 is 5.32 Å². The molecule has 0 amide bonds. The topological polar surface area (TPSA) is 75.6 Å². The van der Waals surface area contributed by atoms with E-state index in [4.69, 9.17) is 4.74 Å². The van der Waals surface area contributed by atoms with Crippen molar-refractivity contribution in [3.63, 3.8) is 0 Å². The second kappa shape index (κ2) is 9.86. The number of dihydropyridines is 1. The molecule has 1 aliphatic heterocycles. The van der Waals surface area contributed by atoms with Gasteiger partial charge >= 0.3 is 11.9 Å². The number of nitrogens with one attached hydrogen (secondary N) is 1. The lowest BCUT2D eigenvalue weighted by molar-refractivity contribution is -0.138. The summed E-state index contributed by atoms with van der Waals surface area (Å²) in [5, 5.41) is 12.9. The van der Waals surface area contributed by atoms with Crippen LogP contribution in [0.4, 0.5) is 0 Å². The number of rotatable bonds is 5. The van der Waals surface area contributed by atoms with Crippen molar-refractivity contribution < 1.29 is 19.4 Å². The molecule has 1 aliphatic rings. The molecule has 2 aromatic rings. The summed E-state index contributed by atoms with van der Waals surface area (Å²) < 4.78 is 5.33. The van der Waals surface area contributed by atoms with Gasteiger partial charge in [0, 0.05) is 17.0 Å². The maximum Gasteiger partial charge on any atom is 0.337 e. The number of carbonyl (C=O) groups is 2. The first-order chi connectivity index (χ1) is 14.5. The summed E-state index contributed by atoms with van der Waals surface area (Å²) in [6.07, 6.45) is 0. The number of aliphatic carboxylic acids is 1. The van der Waals surface area contributed by atoms with E-state index in [1.54, 1.807) is 6.92 Å². The van der Waals surface area contributed by atoms with Crippen molar-refractivity contribution in [1.82, 2.24) is 5.32 Å². The monoisotopic (exact) mass is 419 g/mol. The quantitative estimate of drug-likeness (QED) is 0.393. The van der Waals surface area contributed by atoms with E-state index in [0.29, 0.717) is 17.1 Å². The number of allylic oxidation sites excluding steroid dienone is 1. The number of benzene rings is 2.